The molecule has 0 saturated carbocycles. The Morgan fingerprint density at radius 3 is 2.42 bits per heavy atom. The van der Waals surface area contributed by atoms with Gasteiger partial charge in [0.2, 0.25) is 5.91 Å². The third-order valence-electron chi connectivity index (χ3n) is 4.40. The van der Waals surface area contributed by atoms with Crippen LogP contribution in [-0.4, -0.2) is 41.6 Å². The first-order valence-corrected chi connectivity index (χ1v) is 8.50. The molecule has 6 nitrogen and oxygen atoms in total. The van der Waals surface area contributed by atoms with E-state index in [-0.39, 0.29) is 23.9 Å². The summed E-state index contributed by atoms with van der Waals surface area (Å²) in [6.45, 7) is 0.497. The van der Waals surface area contributed by atoms with Gasteiger partial charge in [0.15, 0.2) is 0 Å². The van der Waals surface area contributed by atoms with Gasteiger partial charge in [-0.05, 0) is 25.7 Å². The van der Waals surface area contributed by atoms with Gasteiger partial charge in [-0.2, -0.15) is 5.10 Å². The summed E-state index contributed by atoms with van der Waals surface area (Å²) < 4.78 is 0. The van der Waals surface area contributed by atoms with Crippen LogP contribution in [0, 0.1) is 0 Å². The van der Waals surface area contributed by atoms with Crippen LogP contribution in [0.3, 0.4) is 0 Å². The van der Waals surface area contributed by atoms with Gasteiger partial charge in [-0.15, -0.1) is 0 Å². The van der Waals surface area contributed by atoms with E-state index in [1.165, 1.54) is 0 Å². The summed E-state index contributed by atoms with van der Waals surface area (Å²) in [7, 11) is 3.97. The monoisotopic (exact) mass is 350 g/mol. The van der Waals surface area contributed by atoms with Gasteiger partial charge in [0.25, 0.3) is 5.56 Å². The molecule has 0 aliphatic rings. The molecule has 0 radical (unpaired) electrons. The second-order valence-electron chi connectivity index (χ2n) is 6.42. The summed E-state index contributed by atoms with van der Waals surface area (Å²) in [5, 5.41) is 10.7. The Kier molecular flexibility index (Phi) is 5.43. The third-order valence-corrected chi connectivity index (χ3v) is 4.40. The molecule has 1 aromatic heterocycles. The number of H-pyrrole nitrogens is 1. The zero-order valence-electron chi connectivity index (χ0n) is 14.9. The van der Waals surface area contributed by atoms with Crippen molar-refractivity contribution in [1.82, 2.24) is 20.4 Å². The van der Waals surface area contributed by atoms with E-state index in [1.54, 1.807) is 12.1 Å². The van der Waals surface area contributed by atoms with Crippen molar-refractivity contribution >= 4 is 16.7 Å². The number of hydrogen-bond donors (Lipinski definition) is 2. The smallest absolute Gasteiger partial charge is 0.272 e. The van der Waals surface area contributed by atoms with Crippen LogP contribution < -0.4 is 10.9 Å². The van der Waals surface area contributed by atoms with E-state index in [4.69, 9.17) is 0 Å². The lowest BCUT2D eigenvalue weighted by Gasteiger charge is -2.25. The van der Waals surface area contributed by atoms with Crippen LogP contribution in [0.4, 0.5) is 0 Å². The molecule has 0 spiro atoms. The van der Waals surface area contributed by atoms with E-state index >= 15 is 0 Å². The molecule has 0 unspecified atom stereocenters. The van der Waals surface area contributed by atoms with Crippen LogP contribution in [0.2, 0.25) is 0 Å². The molecular weight excluding hydrogens is 328 g/mol. The molecule has 0 fully saturated rings. The van der Waals surface area contributed by atoms with Crippen molar-refractivity contribution in [3.8, 4) is 0 Å². The second-order valence-corrected chi connectivity index (χ2v) is 6.42. The van der Waals surface area contributed by atoms with E-state index in [9.17, 15) is 9.59 Å². The molecule has 0 bridgehead atoms. The minimum atomic E-state index is -0.249. The number of rotatable bonds is 6. The highest BCUT2D eigenvalue weighted by Crippen LogP contribution is 2.17. The van der Waals surface area contributed by atoms with Crippen molar-refractivity contribution in [2.24, 2.45) is 0 Å². The molecule has 2 N–H and O–H groups in total. The summed E-state index contributed by atoms with van der Waals surface area (Å²) in [5.74, 6) is -0.127. The van der Waals surface area contributed by atoms with E-state index in [0.717, 1.165) is 5.56 Å². The van der Waals surface area contributed by atoms with Crippen LogP contribution in [0.15, 0.2) is 59.4 Å². The third kappa shape index (κ3) is 3.97. The molecule has 0 saturated heterocycles. The van der Waals surface area contributed by atoms with Crippen molar-refractivity contribution in [3.05, 3.63) is 76.2 Å². The zero-order valence-corrected chi connectivity index (χ0v) is 14.9. The van der Waals surface area contributed by atoms with Crippen molar-refractivity contribution in [2.75, 3.05) is 20.6 Å². The maximum Gasteiger partial charge on any atom is 0.272 e. The van der Waals surface area contributed by atoms with Gasteiger partial charge in [-0.1, -0.05) is 48.5 Å². The van der Waals surface area contributed by atoms with Gasteiger partial charge in [0.1, 0.15) is 0 Å². The molecule has 134 valence electrons. The highest BCUT2D eigenvalue weighted by molar-refractivity contribution is 5.88. The Hall–Kier alpha value is -2.99. The number of likely N-dealkylation sites (N-methyl/N-ethyl adjacent to an activating group) is 1. The van der Waals surface area contributed by atoms with Crippen molar-refractivity contribution in [3.63, 3.8) is 0 Å². The average molecular weight is 350 g/mol. The molecular formula is C20H22N4O2. The lowest BCUT2D eigenvalue weighted by atomic mass is 10.1. The second kappa shape index (κ2) is 7.93. The predicted molar refractivity (Wildman–Crippen MR) is 102 cm³/mol. The number of carbonyl (C=O) groups is 1. The highest BCUT2D eigenvalue weighted by Gasteiger charge is 2.16. The largest absolute Gasteiger partial charge is 0.354 e. The lowest BCUT2D eigenvalue weighted by molar-refractivity contribution is -0.120. The van der Waals surface area contributed by atoms with Gasteiger partial charge < -0.3 is 10.2 Å². The van der Waals surface area contributed by atoms with Crippen molar-refractivity contribution < 1.29 is 4.79 Å². The first-order chi connectivity index (χ1) is 12.6. The Labute approximate surface area is 151 Å². The highest BCUT2D eigenvalue weighted by atomic mass is 16.1. The molecule has 2 aromatic carbocycles. The molecule has 3 rings (SSSR count). The van der Waals surface area contributed by atoms with Crippen LogP contribution in [0.25, 0.3) is 10.8 Å². The average Bonchev–Trinajstić information content (AvgIpc) is 2.65. The summed E-state index contributed by atoms with van der Waals surface area (Å²) in [5.41, 5.74) is 1.46. The topological polar surface area (TPSA) is 78.1 Å². The number of hydrogen-bond acceptors (Lipinski definition) is 4. The standard InChI is InChI=1S/C20H22N4O2/c1-24(2)18(14-8-4-3-5-9-14)13-21-19(25)12-17-15-10-6-7-11-16(15)20(26)23-22-17/h3-11,18H,12-13H2,1-2H3,(H,21,25)(H,23,26)/t18-/m1/s1. The van der Waals surface area contributed by atoms with Gasteiger partial charge in [0.05, 0.1) is 23.5 Å². The minimum absolute atomic E-state index is 0.0837. The predicted octanol–water partition coefficient (Wildman–Crippen LogP) is 1.88. The van der Waals surface area contributed by atoms with E-state index in [0.29, 0.717) is 23.0 Å². The number of fused-ring (bicyclic) bond motifs is 1. The number of nitrogens with one attached hydrogen (secondary N) is 2. The van der Waals surface area contributed by atoms with Gasteiger partial charge >= 0.3 is 0 Å². The molecule has 1 atom stereocenters. The maximum atomic E-state index is 12.4. The van der Waals surface area contributed by atoms with Crippen LogP contribution in [-0.2, 0) is 11.2 Å². The Balaban J connectivity index is 1.71. The van der Waals surface area contributed by atoms with Crippen LogP contribution in [0.5, 0.6) is 0 Å². The number of carbonyl (C=O) groups excluding carboxylic acids is 1. The Morgan fingerprint density at radius 1 is 1.08 bits per heavy atom. The Morgan fingerprint density at radius 2 is 1.73 bits per heavy atom. The van der Waals surface area contributed by atoms with E-state index in [2.05, 4.69) is 20.4 Å². The number of aromatic amines is 1. The maximum absolute atomic E-state index is 12.4. The van der Waals surface area contributed by atoms with Crippen LogP contribution in [0.1, 0.15) is 17.3 Å². The van der Waals surface area contributed by atoms with Gasteiger partial charge in [-0.25, -0.2) is 5.10 Å². The SMILES string of the molecule is CN(C)[C@H](CNC(=O)Cc1n[nH]c(=O)c2ccccc12)c1ccccc1. The normalized spacial score (nSPS) is 12.3. The van der Waals surface area contributed by atoms with E-state index in [1.807, 2.05) is 56.6 Å². The molecule has 1 amide bonds. The van der Waals surface area contributed by atoms with Gasteiger partial charge in [-0.3, -0.25) is 9.59 Å². The van der Waals surface area contributed by atoms with E-state index < -0.39 is 0 Å². The van der Waals surface area contributed by atoms with Crippen molar-refractivity contribution in [1.29, 1.82) is 0 Å². The van der Waals surface area contributed by atoms with Crippen molar-refractivity contribution in [2.45, 2.75) is 12.5 Å². The number of amides is 1. The fraction of sp³-hybridized carbons (Fsp3) is 0.250. The molecule has 3 aromatic rings. The van der Waals surface area contributed by atoms with Crippen LogP contribution >= 0.6 is 0 Å². The first kappa shape index (κ1) is 17.8. The molecule has 0 aliphatic heterocycles. The summed E-state index contributed by atoms with van der Waals surface area (Å²) in [6, 6.07) is 17.3. The first-order valence-electron chi connectivity index (χ1n) is 8.50. The molecule has 0 aliphatic carbocycles. The number of nitrogens with zero attached hydrogens (tertiary/aromatic N) is 2. The number of aromatic nitrogens is 2. The Bertz CT molecular complexity index is 951. The quantitative estimate of drug-likeness (QED) is 0.712. The zero-order chi connectivity index (χ0) is 18.5. The molecule has 1 heterocycles. The summed E-state index contributed by atoms with van der Waals surface area (Å²) in [4.78, 5) is 26.3. The fourth-order valence-corrected chi connectivity index (χ4v) is 3.01. The summed E-state index contributed by atoms with van der Waals surface area (Å²) >= 11 is 0. The molecule has 26 heavy (non-hydrogen) atoms. The fourth-order valence-electron chi connectivity index (χ4n) is 3.01. The summed E-state index contributed by atoms with van der Waals surface area (Å²) in [6.07, 6.45) is 0.117. The lowest BCUT2D eigenvalue weighted by Crippen LogP contribution is -2.35. The number of benzene rings is 2. The molecule has 6 heteroatoms. The minimum Gasteiger partial charge on any atom is -0.354 e. The van der Waals surface area contributed by atoms with Gasteiger partial charge in [0, 0.05) is 11.9 Å².